The van der Waals surface area contributed by atoms with E-state index in [4.69, 9.17) is 10.5 Å². The zero-order valence-electron chi connectivity index (χ0n) is 16.5. The molecular formula is C20H31N3O4. The minimum atomic E-state index is -0.803. The SMILES string of the molecule is CC(C)CC(NC(=O)C(CC(C)C)NC(=O)OCc1ccccc1)C(N)=O. The zero-order valence-corrected chi connectivity index (χ0v) is 16.5. The number of primary amides is 1. The summed E-state index contributed by atoms with van der Waals surface area (Å²) in [5.41, 5.74) is 6.23. The number of ether oxygens (including phenoxy) is 1. The Balaban J connectivity index is 2.68. The van der Waals surface area contributed by atoms with Crippen molar-refractivity contribution >= 4 is 17.9 Å². The van der Waals surface area contributed by atoms with Crippen LogP contribution in [0, 0.1) is 11.8 Å². The van der Waals surface area contributed by atoms with Gasteiger partial charge in [0.2, 0.25) is 11.8 Å². The number of carbonyl (C=O) groups is 3. The molecule has 1 rings (SSSR count). The molecule has 0 aromatic heterocycles. The van der Waals surface area contributed by atoms with E-state index in [2.05, 4.69) is 10.6 Å². The summed E-state index contributed by atoms with van der Waals surface area (Å²) < 4.78 is 5.19. The van der Waals surface area contributed by atoms with E-state index in [1.165, 1.54) is 0 Å². The summed E-state index contributed by atoms with van der Waals surface area (Å²) in [6, 6.07) is 7.69. The number of carbonyl (C=O) groups excluding carboxylic acids is 3. The van der Waals surface area contributed by atoms with E-state index in [9.17, 15) is 14.4 Å². The third-order valence-corrected chi connectivity index (χ3v) is 3.90. The second kappa shape index (κ2) is 11.2. The van der Waals surface area contributed by atoms with Gasteiger partial charge in [0.1, 0.15) is 18.7 Å². The Kier molecular flexibility index (Phi) is 9.33. The van der Waals surface area contributed by atoms with Crippen LogP contribution in [0.4, 0.5) is 4.79 Å². The maximum absolute atomic E-state index is 12.6. The van der Waals surface area contributed by atoms with E-state index in [0.717, 1.165) is 5.56 Å². The van der Waals surface area contributed by atoms with Gasteiger partial charge in [-0.05, 0) is 30.2 Å². The van der Waals surface area contributed by atoms with E-state index in [1.54, 1.807) is 0 Å². The molecule has 0 fully saturated rings. The fourth-order valence-electron chi connectivity index (χ4n) is 2.60. The van der Waals surface area contributed by atoms with Crippen molar-refractivity contribution in [2.45, 2.75) is 59.2 Å². The summed E-state index contributed by atoms with van der Waals surface area (Å²) in [7, 11) is 0. The molecule has 1 aromatic carbocycles. The molecule has 0 heterocycles. The normalized spacial score (nSPS) is 13.1. The molecule has 150 valence electrons. The number of nitrogens with two attached hydrogens (primary N) is 1. The Labute approximate surface area is 161 Å². The maximum atomic E-state index is 12.6. The lowest BCUT2D eigenvalue weighted by atomic mass is 10.0. The molecule has 0 saturated heterocycles. The van der Waals surface area contributed by atoms with Crippen molar-refractivity contribution in [2.75, 3.05) is 0 Å². The Hall–Kier alpha value is -2.57. The zero-order chi connectivity index (χ0) is 20.4. The summed E-state index contributed by atoms with van der Waals surface area (Å²) in [5, 5.41) is 5.24. The molecule has 7 heteroatoms. The summed E-state index contributed by atoms with van der Waals surface area (Å²) >= 11 is 0. The minimum absolute atomic E-state index is 0.111. The van der Waals surface area contributed by atoms with Gasteiger partial charge in [0.05, 0.1) is 0 Å². The molecule has 0 saturated carbocycles. The van der Waals surface area contributed by atoms with Crippen LogP contribution in [0.25, 0.3) is 0 Å². The van der Waals surface area contributed by atoms with Crippen LogP contribution in [-0.2, 0) is 20.9 Å². The van der Waals surface area contributed by atoms with Crippen LogP contribution >= 0.6 is 0 Å². The van der Waals surface area contributed by atoms with Crippen LogP contribution in [0.3, 0.4) is 0 Å². The number of hydrogen-bond donors (Lipinski definition) is 3. The maximum Gasteiger partial charge on any atom is 0.408 e. The number of benzene rings is 1. The van der Waals surface area contributed by atoms with Gasteiger partial charge in [-0.1, -0.05) is 58.0 Å². The Morgan fingerprint density at radius 1 is 0.926 bits per heavy atom. The monoisotopic (exact) mass is 377 g/mol. The Morgan fingerprint density at radius 2 is 1.48 bits per heavy atom. The van der Waals surface area contributed by atoms with Crippen molar-refractivity contribution in [3.05, 3.63) is 35.9 Å². The number of nitrogens with one attached hydrogen (secondary N) is 2. The summed E-state index contributed by atoms with van der Waals surface area (Å²) in [6.07, 6.45) is 0.173. The average molecular weight is 377 g/mol. The van der Waals surface area contributed by atoms with Gasteiger partial charge >= 0.3 is 6.09 Å². The first kappa shape index (κ1) is 22.5. The smallest absolute Gasteiger partial charge is 0.408 e. The molecule has 0 aliphatic rings. The van der Waals surface area contributed by atoms with E-state index in [0.29, 0.717) is 12.8 Å². The molecule has 0 radical (unpaired) electrons. The van der Waals surface area contributed by atoms with Crippen molar-refractivity contribution in [2.24, 2.45) is 17.6 Å². The molecular weight excluding hydrogens is 346 g/mol. The van der Waals surface area contributed by atoms with Crippen molar-refractivity contribution in [3.63, 3.8) is 0 Å². The van der Waals surface area contributed by atoms with Crippen LogP contribution in [0.15, 0.2) is 30.3 Å². The highest BCUT2D eigenvalue weighted by Crippen LogP contribution is 2.09. The molecule has 4 N–H and O–H groups in total. The first-order valence-electron chi connectivity index (χ1n) is 9.26. The first-order chi connectivity index (χ1) is 12.7. The van der Waals surface area contributed by atoms with Gasteiger partial charge in [0, 0.05) is 0 Å². The standard InChI is InChI=1S/C20H31N3O4/c1-13(2)10-16(18(21)24)22-19(25)17(11-14(3)4)23-20(26)27-12-15-8-6-5-7-9-15/h5-9,13-14,16-17H,10-12H2,1-4H3,(H2,21,24)(H,22,25)(H,23,26). The minimum Gasteiger partial charge on any atom is -0.445 e. The Morgan fingerprint density at radius 3 is 2.00 bits per heavy atom. The summed E-state index contributed by atoms with van der Waals surface area (Å²) in [4.78, 5) is 36.3. The fraction of sp³-hybridized carbons (Fsp3) is 0.550. The van der Waals surface area contributed by atoms with Gasteiger partial charge in [-0.25, -0.2) is 4.79 Å². The Bertz CT molecular complexity index is 617. The van der Waals surface area contributed by atoms with Crippen molar-refractivity contribution in [1.29, 1.82) is 0 Å². The van der Waals surface area contributed by atoms with Crippen molar-refractivity contribution < 1.29 is 19.1 Å². The summed E-state index contributed by atoms with van der Waals surface area (Å²) in [5.74, 6) is -0.681. The summed E-state index contributed by atoms with van der Waals surface area (Å²) in [6.45, 7) is 7.87. The predicted octanol–water partition coefficient (Wildman–Crippen LogP) is 2.34. The lowest BCUT2D eigenvalue weighted by Gasteiger charge is -2.23. The first-order valence-corrected chi connectivity index (χ1v) is 9.26. The second-order valence-corrected chi connectivity index (χ2v) is 7.48. The van der Waals surface area contributed by atoms with Gasteiger partial charge in [-0.3, -0.25) is 9.59 Å². The van der Waals surface area contributed by atoms with E-state index in [-0.39, 0.29) is 18.4 Å². The number of alkyl carbamates (subject to hydrolysis) is 1. The third kappa shape index (κ3) is 9.08. The molecule has 1 aromatic rings. The molecule has 3 amide bonds. The number of rotatable bonds is 10. The van der Waals surface area contributed by atoms with Gasteiger partial charge in [0.15, 0.2) is 0 Å². The quantitative estimate of drug-likeness (QED) is 0.581. The lowest BCUT2D eigenvalue weighted by Crippen LogP contribution is -2.53. The molecule has 7 nitrogen and oxygen atoms in total. The van der Waals surface area contributed by atoms with Crippen LogP contribution in [0.5, 0.6) is 0 Å². The highest BCUT2D eigenvalue weighted by atomic mass is 16.5. The van der Waals surface area contributed by atoms with Crippen molar-refractivity contribution in [3.8, 4) is 0 Å². The molecule has 0 spiro atoms. The predicted molar refractivity (Wildman–Crippen MR) is 104 cm³/mol. The molecule has 27 heavy (non-hydrogen) atoms. The van der Waals surface area contributed by atoms with Crippen molar-refractivity contribution in [1.82, 2.24) is 10.6 Å². The van der Waals surface area contributed by atoms with Crippen LogP contribution < -0.4 is 16.4 Å². The molecule has 0 bridgehead atoms. The largest absolute Gasteiger partial charge is 0.445 e. The van der Waals surface area contributed by atoms with E-state index in [1.807, 2.05) is 58.0 Å². The topological polar surface area (TPSA) is 111 Å². The van der Waals surface area contributed by atoms with Gasteiger partial charge in [-0.15, -0.1) is 0 Å². The van der Waals surface area contributed by atoms with Gasteiger partial charge < -0.3 is 21.1 Å². The second-order valence-electron chi connectivity index (χ2n) is 7.48. The molecule has 0 aliphatic heterocycles. The molecule has 2 atom stereocenters. The van der Waals surface area contributed by atoms with Crippen LogP contribution in [-0.4, -0.2) is 30.0 Å². The lowest BCUT2D eigenvalue weighted by molar-refractivity contribution is -0.129. The van der Waals surface area contributed by atoms with Gasteiger partial charge in [-0.2, -0.15) is 0 Å². The number of amides is 3. The molecule has 0 aliphatic carbocycles. The number of hydrogen-bond acceptors (Lipinski definition) is 4. The van der Waals surface area contributed by atoms with E-state index >= 15 is 0 Å². The highest BCUT2D eigenvalue weighted by Gasteiger charge is 2.27. The fourth-order valence-corrected chi connectivity index (χ4v) is 2.60. The molecule has 2 unspecified atom stereocenters. The van der Waals surface area contributed by atoms with Crippen LogP contribution in [0.2, 0.25) is 0 Å². The third-order valence-electron chi connectivity index (χ3n) is 3.90. The van der Waals surface area contributed by atoms with Crippen LogP contribution in [0.1, 0.15) is 46.1 Å². The average Bonchev–Trinajstić information content (AvgIpc) is 2.58. The highest BCUT2D eigenvalue weighted by molar-refractivity contribution is 5.90. The van der Waals surface area contributed by atoms with Gasteiger partial charge in [0.25, 0.3) is 0 Å². The van der Waals surface area contributed by atoms with E-state index < -0.39 is 30.0 Å².